The average Bonchev–Trinajstić information content (AvgIpc) is 2.33. The van der Waals surface area contributed by atoms with Crippen molar-refractivity contribution in [1.82, 2.24) is 14.9 Å². The molecule has 1 aromatic heterocycles. The standard InChI is InChI=1S/C13H21N3O2S/c1-5-16(6-2)7-8-19-12-11(13(17)18)9(3)14-10(4)15-12/h5-8H2,1-4H3,(H,17,18). The molecule has 0 unspecified atom stereocenters. The van der Waals surface area contributed by atoms with Crippen molar-refractivity contribution >= 4 is 17.7 Å². The minimum atomic E-state index is -0.956. The molecule has 0 amide bonds. The van der Waals surface area contributed by atoms with Crippen LogP contribution in [0.4, 0.5) is 0 Å². The van der Waals surface area contributed by atoms with Crippen LogP contribution in [0.1, 0.15) is 35.7 Å². The van der Waals surface area contributed by atoms with Gasteiger partial charge in [-0.1, -0.05) is 13.8 Å². The number of thioether (sulfide) groups is 1. The molecular weight excluding hydrogens is 262 g/mol. The van der Waals surface area contributed by atoms with Gasteiger partial charge in [0.05, 0.1) is 5.69 Å². The molecule has 5 nitrogen and oxygen atoms in total. The van der Waals surface area contributed by atoms with E-state index in [1.165, 1.54) is 11.8 Å². The SMILES string of the molecule is CCN(CC)CCSc1nc(C)nc(C)c1C(=O)O. The molecule has 6 heteroatoms. The molecule has 0 aliphatic heterocycles. The van der Waals surface area contributed by atoms with Crippen LogP contribution >= 0.6 is 11.8 Å². The van der Waals surface area contributed by atoms with E-state index in [1.54, 1.807) is 13.8 Å². The third kappa shape index (κ3) is 4.47. The number of hydrogen-bond acceptors (Lipinski definition) is 5. The molecule has 0 radical (unpaired) electrons. The number of carboxylic acids is 1. The van der Waals surface area contributed by atoms with Gasteiger partial charge in [0.15, 0.2) is 0 Å². The maximum Gasteiger partial charge on any atom is 0.340 e. The zero-order valence-electron chi connectivity index (χ0n) is 11.9. The zero-order chi connectivity index (χ0) is 14.4. The van der Waals surface area contributed by atoms with Gasteiger partial charge in [-0.2, -0.15) is 0 Å². The summed E-state index contributed by atoms with van der Waals surface area (Å²) in [6, 6.07) is 0. The van der Waals surface area contributed by atoms with Crippen LogP contribution < -0.4 is 0 Å². The smallest absolute Gasteiger partial charge is 0.340 e. The number of nitrogens with zero attached hydrogens (tertiary/aromatic N) is 3. The minimum absolute atomic E-state index is 0.232. The minimum Gasteiger partial charge on any atom is -0.478 e. The van der Waals surface area contributed by atoms with Crippen molar-refractivity contribution in [3.8, 4) is 0 Å². The Kier molecular flexibility index (Phi) is 6.24. The van der Waals surface area contributed by atoms with Crippen LogP contribution in [-0.4, -0.2) is 51.3 Å². The van der Waals surface area contributed by atoms with Crippen molar-refractivity contribution in [2.45, 2.75) is 32.7 Å². The van der Waals surface area contributed by atoms with Gasteiger partial charge in [-0.05, 0) is 26.9 Å². The average molecular weight is 283 g/mol. The molecule has 0 fully saturated rings. The lowest BCUT2D eigenvalue weighted by Crippen LogP contribution is -2.25. The van der Waals surface area contributed by atoms with E-state index < -0.39 is 5.97 Å². The van der Waals surface area contributed by atoms with Gasteiger partial charge in [0.2, 0.25) is 0 Å². The predicted octanol–water partition coefficient (Wildman–Crippen LogP) is 2.23. The number of hydrogen-bond donors (Lipinski definition) is 1. The summed E-state index contributed by atoms with van der Waals surface area (Å²) < 4.78 is 0. The highest BCUT2D eigenvalue weighted by atomic mass is 32.2. The highest BCUT2D eigenvalue weighted by Gasteiger charge is 2.17. The fourth-order valence-corrected chi connectivity index (χ4v) is 2.96. The largest absolute Gasteiger partial charge is 0.478 e. The third-order valence-electron chi connectivity index (χ3n) is 2.92. The first kappa shape index (κ1) is 15.9. The normalized spacial score (nSPS) is 11.0. The van der Waals surface area contributed by atoms with E-state index in [-0.39, 0.29) is 5.56 Å². The predicted molar refractivity (Wildman–Crippen MR) is 77.0 cm³/mol. The van der Waals surface area contributed by atoms with Crippen LogP contribution in [0, 0.1) is 13.8 Å². The summed E-state index contributed by atoms with van der Waals surface area (Å²) >= 11 is 1.49. The Hall–Kier alpha value is -1.14. The van der Waals surface area contributed by atoms with Crippen LogP contribution in [0.25, 0.3) is 0 Å². The van der Waals surface area contributed by atoms with Crippen LogP contribution in [-0.2, 0) is 0 Å². The molecule has 0 aromatic carbocycles. The molecule has 0 bridgehead atoms. The van der Waals surface area contributed by atoms with Crippen molar-refractivity contribution in [3.05, 3.63) is 17.1 Å². The molecule has 106 valence electrons. The molecule has 0 atom stereocenters. The second-order valence-electron chi connectivity index (χ2n) is 4.22. The van der Waals surface area contributed by atoms with Gasteiger partial charge in [0.25, 0.3) is 0 Å². The number of rotatable bonds is 7. The Bertz CT molecular complexity index is 448. The first-order chi connectivity index (χ1) is 8.99. The van der Waals surface area contributed by atoms with Crippen LogP contribution in [0.5, 0.6) is 0 Å². The lowest BCUT2D eigenvalue weighted by molar-refractivity contribution is 0.0690. The van der Waals surface area contributed by atoms with Crippen LogP contribution in [0.2, 0.25) is 0 Å². The number of carbonyl (C=O) groups is 1. The number of carboxylic acid groups (broad SMARTS) is 1. The maximum absolute atomic E-state index is 11.3. The molecule has 0 saturated heterocycles. The van der Waals surface area contributed by atoms with Crippen LogP contribution in [0.15, 0.2) is 5.03 Å². The second-order valence-corrected chi connectivity index (χ2v) is 5.30. The molecular formula is C13H21N3O2S. The fourth-order valence-electron chi connectivity index (χ4n) is 1.84. The number of aryl methyl sites for hydroxylation is 2. The first-order valence-electron chi connectivity index (χ1n) is 6.43. The summed E-state index contributed by atoms with van der Waals surface area (Å²) in [5, 5.41) is 9.81. The second kappa shape index (κ2) is 7.45. The summed E-state index contributed by atoms with van der Waals surface area (Å²) in [6.07, 6.45) is 0. The van der Waals surface area contributed by atoms with Gasteiger partial charge < -0.3 is 10.0 Å². The summed E-state index contributed by atoms with van der Waals surface area (Å²) in [5.41, 5.74) is 0.764. The third-order valence-corrected chi connectivity index (χ3v) is 3.88. The quantitative estimate of drug-likeness (QED) is 0.611. The monoisotopic (exact) mass is 283 g/mol. The lowest BCUT2D eigenvalue weighted by atomic mass is 10.2. The van der Waals surface area contributed by atoms with E-state index in [1.807, 2.05) is 0 Å². The molecule has 1 N–H and O–H groups in total. The molecule has 1 rings (SSSR count). The van der Waals surface area contributed by atoms with Crippen molar-refractivity contribution < 1.29 is 9.90 Å². The zero-order valence-corrected chi connectivity index (χ0v) is 12.8. The van der Waals surface area contributed by atoms with Crippen molar-refractivity contribution in [2.24, 2.45) is 0 Å². The van der Waals surface area contributed by atoms with E-state index in [4.69, 9.17) is 0 Å². The Balaban J connectivity index is 2.80. The van der Waals surface area contributed by atoms with Gasteiger partial charge in [0, 0.05) is 12.3 Å². The molecule has 0 spiro atoms. The van der Waals surface area contributed by atoms with E-state index in [9.17, 15) is 9.90 Å². The van der Waals surface area contributed by atoms with Crippen LogP contribution in [0.3, 0.4) is 0 Å². The van der Waals surface area contributed by atoms with Crippen molar-refractivity contribution in [1.29, 1.82) is 0 Å². The molecule has 0 aliphatic carbocycles. The highest BCUT2D eigenvalue weighted by molar-refractivity contribution is 7.99. The van der Waals surface area contributed by atoms with E-state index >= 15 is 0 Å². The molecule has 19 heavy (non-hydrogen) atoms. The number of aromatic carboxylic acids is 1. The Labute approximate surface area is 118 Å². The summed E-state index contributed by atoms with van der Waals surface area (Å²) in [6.45, 7) is 10.7. The maximum atomic E-state index is 11.3. The van der Waals surface area contributed by atoms with E-state index in [0.717, 1.165) is 25.4 Å². The van der Waals surface area contributed by atoms with Gasteiger partial charge >= 0.3 is 5.97 Å². The first-order valence-corrected chi connectivity index (χ1v) is 7.41. The van der Waals surface area contributed by atoms with Gasteiger partial charge in [0.1, 0.15) is 16.4 Å². The Morgan fingerprint density at radius 1 is 1.26 bits per heavy atom. The Morgan fingerprint density at radius 3 is 2.42 bits per heavy atom. The fraction of sp³-hybridized carbons (Fsp3) is 0.615. The Morgan fingerprint density at radius 2 is 1.89 bits per heavy atom. The molecule has 1 aromatic rings. The summed E-state index contributed by atoms with van der Waals surface area (Å²) in [7, 11) is 0. The van der Waals surface area contributed by atoms with E-state index in [2.05, 4.69) is 28.7 Å². The van der Waals surface area contributed by atoms with Gasteiger partial charge in [-0.25, -0.2) is 14.8 Å². The molecule has 0 saturated carbocycles. The van der Waals surface area contributed by atoms with Crippen molar-refractivity contribution in [3.63, 3.8) is 0 Å². The summed E-state index contributed by atoms with van der Waals surface area (Å²) in [4.78, 5) is 21.9. The summed E-state index contributed by atoms with van der Waals surface area (Å²) in [5.74, 6) is 0.494. The molecule has 1 heterocycles. The van der Waals surface area contributed by atoms with Crippen molar-refractivity contribution in [2.75, 3.05) is 25.4 Å². The lowest BCUT2D eigenvalue weighted by Gasteiger charge is -2.17. The number of aromatic nitrogens is 2. The topological polar surface area (TPSA) is 66.3 Å². The molecule has 0 aliphatic rings. The van der Waals surface area contributed by atoms with Gasteiger partial charge in [-0.3, -0.25) is 0 Å². The van der Waals surface area contributed by atoms with Gasteiger partial charge in [-0.15, -0.1) is 11.8 Å². The van der Waals surface area contributed by atoms with E-state index in [0.29, 0.717) is 16.5 Å². The highest BCUT2D eigenvalue weighted by Crippen LogP contribution is 2.22.